The molecule has 2 heterocycles. The molecule has 0 unspecified atom stereocenters. The monoisotopic (exact) mass is 304 g/mol. The van der Waals surface area contributed by atoms with Gasteiger partial charge in [-0.15, -0.1) is 0 Å². The van der Waals surface area contributed by atoms with E-state index in [-0.39, 0.29) is 17.1 Å². The largest absolute Gasteiger partial charge is 0.467 e. The number of carbonyl (C=O) groups excluding carboxylic acids is 1. The number of rotatable bonds is 4. The molecule has 1 aliphatic carbocycles. The molecule has 3 rings (SSSR count). The van der Waals surface area contributed by atoms with Crippen LogP contribution in [-0.2, 0) is 6.54 Å². The third-order valence-corrected chi connectivity index (χ3v) is 4.22. The molecular weight excluding hydrogens is 288 g/mol. The number of hydrogen-bond donors (Lipinski definition) is 0. The lowest BCUT2D eigenvalue weighted by atomic mass is 10.1. The first kappa shape index (κ1) is 14.1. The minimum Gasteiger partial charge on any atom is -0.467 e. The average molecular weight is 305 g/mol. The van der Waals surface area contributed by atoms with Crippen LogP contribution in [0.2, 0.25) is 5.15 Å². The van der Waals surface area contributed by atoms with E-state index < -0.39 is 0 Å². The SMILES string of the molecule is O=C(c1cccnc1Cl)N(Cc1ccco1)C1CCCC1. The fourth-order valence-corrected chi connectivity index (χ4v) is 3.05. The highest BCUT2D eigenvalue weighted by molar-refractivity contribution is 6.32. The van der Waals surface area contributed by atoms with Gasteiger partial charge in [0.05, 0.1) is 18.4 Å². The van der Waals surface area contributed by atoms with Crippen LogP contribution in [0.5, 0.6) is 0 Å². The number of carbonyl (C=O) groups is 1. The number of halogens is 1. The van der Waals surface area contributed by atoms with Gasteiger partial charge in [-0.05, 0) is 37.1 Å². The van der Waals surface area contributed by atoms with Gasteiger partial charge >= 0.3 is 0 Å². The molecule has 1 saturated carbocycles. The molecule has 2 aromatic heterocycles. The molecule has 5 heteroatoms. The van der Waals surface area contributed by atoms with E-state index in [0.717, 1.165) is 31.4 Å². The molecule has 21 heavy (non-hydrogen) atoms. The van der Waals surface area contributed by atoms with Crippen LogP contribution >= 0.6 is 11.6 Å². The Hall–Kier alpha value is -1.81. The van der Waals surface area contributed by atoms with Gasteiger partial charge in [0.1, 0.15) is 10.9 Å². The summed E-state index contributed by atoms with van der Waals surface area (Å²) in [6, 6.07) is 7.43. The summed E-state index contributed by atoms with van der Waals surface area (Å²) in [6.07, 6.45) is 7.60. The maximum Gasteiger partial charge on any atom is 0.257 e. The van der Waals surface area contributed by atoms with Gasteiger partial charge in [0.2, 0.25) is 0 Å². The quantitative estimate of drug-likeness (QED) is 0.804. The third kappa shape index (κ3) is 3.10. The van der Waals surface area contributed by atoms with E-state index in [0.29, 0.717) is 12.1 Å². The lowest BCUT2D eigenvalue weighted by Gasteiger charge is -2.28. The predicted molar refractivity (Wildman–Crippen MR) is 80.1 cm³/mol. The normalized spacial score (nSPS) is 15.3. The Morgan fingerprint density at radius 2 is 2.14 bits per heavy atom. The van der Waals surface area contributed by atoms with Gasteiger partial charge < -0.3 is 9.32 Å². The summed E-state index contributed by atoms with van der Waals surface area (Å²) in [7, 11) is 0. The fourth-order valence-electron chi connectivity index (χ4n) is 2.85. The second-order valence-corrected chi connectivity index (χ2v) is 5.65. The third-order valence-electron chi connectivity index (χ3n) is 3.92. The second-order valence-electron chi connectivity index (χ2n) is 5.29. The van der Waals surface area contributed by atoms with Crippen molar-refractivity contribution >= 4 is 17.5 Å². The van der Waals surface area contributed by atoms with Crippen LogP contribution in [0.1, 0.15) is 41.8 Å². The van der Waals surface area contributed by atoms with Gasteiger partial charge in [0.25, 0.3) is 5.91 Å². The number of pyridine rings is 1. The maximum atomic E-state index is 12.8. The molecule has 0 aromatic carbocycles. The van der Waals surface area contributed by atoms with Gasteiger partial charge in [-0.25, -0.2) is 4.98 Å². The van der Waals surface area contributed by atoms with Gasteiger partial charge in [-0.3, -0.25) is 4.79 Å². The Balaban J connectivity index is 1.87. The smallest absolute Gasteiger partial charge is 0.257 e. The first-order chi connectivity index (χ1) is 10.3. The van der Waals surface area contributed by atoms with Crippen LogP contribution in [0.25, 0.3) is 0 Å². The molecule has 1 fully saturated rings. The van der Waals surface area contributed by atoms with Crippen molar-refractivity contribution in [2.75, 3.05) is 0 Å². The Morgan fingerprint density at radius 1 is 1.33 bits per heavy atom. The van der Waals surface area contributed by atoms with E-state index in [2.05, 4.69) is 4.98 Å². The van der Waals surface area contributed by atoms with Crippen LogP contribution < -0.4 is 0 Å². The molecule has 0 atom stereocenters. The number of furan rings is 1. The van der Waals surface area contributed by atoms with Gasteiger partial charge in [0.15, 0.2) is 0 Å². The van der Waals surface area contributed by atoms with Crippen molar-refractivity contribution in [3.05, 3.63) is 53.2 Å². The van der Waals surface area contributed by atoms with Gasteiger partial charge in [0, 0.05) is 12.2 Å². The highest BCUT2D eigenvalue weighted by atomic mass is 35.5. The van der Waals surface area contributed by atoms with Crippen LogP contribution in [-0.4, -0.2) is 21.8 Å². The molecular formula is C16H17ClN2O2. The van der Waals surface area contributed by atoms with Crippen LogP contribution in [0, 0.1) is 0 Å². The van der Waals surface area contributed by atoms with E-state index in [4.69, 9.17) is 16.0 Å². The maximum absolute atomic E-state index is 12.8. The topological polar surface area (TPSA) is 46.3 Å². The summed E-state index contributed by atoms with van der Waals surface area (Å²) in [5, 5.41) is 0.255. The Morgan fingerprint density at radius 3 is 2.81 bits per heavy atom. The van der Waals surface area contributed by atoms with E-state index in [9.17, 15) is 4.79 Å². The van der Waals surface area contributed by atoms with Gasteiger partial charge in [-0.1, -0.05) is 24.4 Å². The van der Waals surface area contributed by atoms with Crippen molar-refractivity contribution in [3.8, 4) is 0 Å². The average Bonchev–Trinajstić information content (AvgIpc) is 3.18. The van der Waals surface area contributed by atoms with Crippen molar-refractivity contribution in [2.45, 2.75) is 38.3 Å². The van der Waals surface area contributed by atoms with Crippen molar-refractivity contribution < 1.29 is 9.21 Å². The zero-order chi connectivity index (χ0) is 14.7. The van der Waals surface area contributed by atoms with Crippen LogP contribution in [0.4, 0.5) is 0 Å². The summed E-state index contributed by atoms with van der Waals surface area (Å²) in [5.74, 6) is 0.715. The molecule has 0 saturated heterocycles. The second kappa shape index (κ2) is 6.31. The summed E-state index contributed by atoms with van der Waals surface area (Å²) < 4.78 is 5.40. The lowest BCUT2D eigenvalue weighted by molar-refractivity contribution is 0.0648. The Kier molecular flexibility index (Phi) is 4.25. The van der Waals surface area contributed by atoms with Crippen LogP contribution in [0.3, 0.4) is 0 Å². The minimum absolute atomic E-state index is 0.0728. The Bertz CT molecular complexity index is 606. The van der Waals surface area contributed by atoms with E-state index in [1.165, 1.54) is 0 Å². The molecule has 1 amide bonds. The predicted octanol–water partition coefficient (Wildman–Crippen LogP) is 3.91. The number of nitrogens with zero attached hydrogens (tertiary/aromatic N) is 2. The van der Waals surface area contributed by atoms with Crippen LogP contribution in [0.15, 0.2) is 41.1 Å². The summed E-state index contributed by atoms with van der Waals surface area (Å²) in [4.78, 5) is 18.7. The van der Waals surface area contributed by atoms with E-state index in [1.807, 2.05) is 17.0 Å². The highest BCUT2D eigenvalue weighted by Gasteiger charge is 2.29. The minimum atomic E-state index is -0.0728. The summed E-state index contributed by atoms with van der Waals surface area (Å²) in [6.45, 7) is 0.474. The number of aromatic nitrogens is 1. The van der Waals surface area contributed by atoms with Crippen molar-refractivity contribution in [1.29, 1.82) is 0 Å². The first-order valence-electron chi connectivity index (χ1n) is 7.19. The molecule has 0 bridgehead atoms. The lowest BCUT2D eigenvalue weighted by Crippen LogP contribution is -2.38. The molecule has 0 N–H and O–H groups in total. The number of hydrogen-bond acceptors (Lipinski definition) is 3. The first-order valence-corrected chi connectivity index (χ1v) is 7.57. The highest BCUT2D eigenvalue weighted by Crippen LogP contribution is 2.27. The van der Waals surface area contributed by atoms with Crippen molar-refractivity contribution in [1.82, 2.24) is 9.88 Å². The standard InChI is InChI=1S/C16H17ClN2O2/c17-15-14(8-3-9-18-15)16(20)19(12-5-1-2-6-12)11-13-7-4-10-21-13/h3-4,7-10,12H,1-2,5-6,11H2. The summed E-state index contributed by atoms with van der Waals surface area (Å²) in [5.41, 5.74) is 0.456. The molecule has 1 aliphatic rings. The molecule has 0 spiro atoms. The zero-order valence-corrected chi connectivity index (χ0v) is 12.4. The molecule has 110 valence electrons. The zero-order valence-electron chi connectivity index (χ0n) is 11.7. The van der Waals surface area contributed by atoms with Crippen molar-refractivity contribution in [2.24, 2.45) is 0 Å². The molecule has 4 nitrogen and oxygen atoms in total. The fraction of sp³-hybridized carbons (Fsp3) is 0.375. The van der Waals surface area contributed by atoms with Gasteiger partial charge in [-0.2, -0.15) is 0 Å². The summed E-state index contributed by atoms with van der Waals surface area (Å²) >= 11 is 6.07. The van der Waals surface area contributed by atoms with E-state index in [1.54, 1.807) is 24.6 Å². The van der Waals surface area contributed by atoms with Crippen molar-refractivity contribution in [3.63, 3.8) is 0 Å². The van der Waals surface area contributed by atoms with E-state index >= 15 is 0 Å². The molecule has 0 radical (unpaired) electrons. The Labute approximate surface area is 128 Å². The number of amides is 1. The molecule has 2 aromatic rings. The molecule has 0 aliphatic heterocycles.